The molecule has 0 bridgehead atoms. The van der Waals surface area contributed by atoms with Gasteiger partial charge in [-0.1, -0.05) is 0 Å². The Hall–Kier alpha value is -1.58. The van der Waals surface area contributed by atoms with Crippen LogP contribution in [0.1, 0.15) is 0 Å². The molecule has 0 unspecified atom stereocenters. The number of nitrogens with one attached hydrogen (secondary N) is 2. The van der Waals surface area contributed by atoms with Gasteiger partial charge in [0.1, 0.15) is 11.8 Å². The molecule has 10 heavy (non-hydrogen) atoms. The van der Waals surface area contributed by atoms with Gasteiger partial charge in [0, 0.05) is 11.5 Å². The molecular formula is C6H5N3O. The van der Waals surface area contributed by atoms with Crippen LogP contribution in [0.4, 0.5) is 0 Å². The summed E-state index contributed by atoms with van der Waals surface area (Å²) < 4.78 is 4.79. The Balaban J connectivity index is 2.99. The van der Waals surface area contributed by atoms with Gasteiger partial charge < -0.3 is 4.42 Å². The summed E-state index contributed by atoms with van der Waals surface area (Å²) in [5, 5.41) is 14.5. The number of hydrogen-bond acceptors (Lipinski definition) is 3. The van der Waals surface area contributed by atoms with Gasteiger partial charge in [0.2, 0.25) is 5.55 Å². The van der Waals surface area contributed by atoms with Gasteiger partial charge in [-0.15, -0.1) is 0 Å². The largest absolute Gasteiger partial charge is 0.445 e. The molecule has 0 aromatic carbocycles. The standard InChI is InChI=1S/C6H5N3O/c7-6-1-4-2-8-9-5(4)3-10-6/h1-3,7,9H. The van der Waals surface area contributed by atoms with E-state index < -0.39 is 0 Å². The van der Waals surface area contributed by atoms with Crippen molar-refractivity contribution in [3.8, 4) is 0 Å². The summed E-state index contributed by atoms with van der Waals surface area (Å²) in [5.41, 5.74) is 0.963. The van der Waals surface area contributed by atoms with Crippen LogP contribution in [0.15, 0.2) is 22.9 Å². The highest BCUT2D eigenvalue weighted by Crippen LogP contribution is 2.04. The molecule has 0 saturated carbocycles. The Morgan fingerprint density at radius 1 is 1.60 bits per heavy atom. The second-order valence-corrected chi connectivity index (χ2v) is 1.98. The minimum Gasteiger partial charge on any atom is -0.445 e. The molecule has 0 radical (unpaired) electrons. The second-order valence-electron chi connectivity index (χ2n) is 1.98. The molecule has 2 N–H and O–H groups in total. The van der Waals surface area contributed by atoms with Gasteiger partial charge in [-0.25, -0.2) is 0 Å². The van der Waals surface area contributed by atoms with Crippen molar-refractivity contribution in [2.75, 3.05) is 0 Å². The van der Waals surface area contributed by atoms with Crippen LogP contribution in [-0.4, -0.2) is 10.2 Å². The molecule has 0 spiro atoms. The first kappa shape index (κ1) is 5.22. The Kier molecular flexibility index (Phi) is 0.887. The molecule has 0 aliphatic carbocycles. The Morgan fingerprint density at radius 2 is 2.50 bits per heavy atom. The average Bonchev–Trinajstić information content (AvgIpc) is 2.33. The molecule has 2 rings (SSSR count). The predicted molar refractivity (Wildman–Crippen MR) is 34.2 cm³/mol. The van der Waals surface area contributed by atoms with Crippen LogP contribution < -0.4 is 5.55 Å². The zero-order chi connectivity index (χ0) is 6.97. The summed E-state index contributed by atoms with van der Waals surface area (Å²) in [5.74, 6) is 0. The third-order valence-corrected chi connectivity index (χ3v) is 1.29. The predicted octanol–water partition coefficient (Wildman–Crippen LogP) is 0.635. The molecule has 4 nitrogen and oxygen atoms in total. The van der Waals surface area contributed by atoms with Gasteiger partial charge in [-0.05, 0) is 0 Å². The number of H-pyrrole nitrogens is 1. The van der Waals surface area contributed by atoms with E-state index in [1.807, 2.05) is 0 Å². The van der Waals surface area contributed by atoms with Crippen LogP contribution >= 0.6 is 0 Å². The number of rotatable bonds is 0. The van der Waals surface area contributed by atoms with Crippen LogP contribution in [0.3, 0.4) is 0 Å². The van der Waals surface area contributed by atoms with E-state index in [-0.39, 0.29) is 5.55 Å². The molecule has 0 atom stereocenters. The minimum absolute atomic E-state index is 0.147. The van der Waals surface area contributed by atoms with Crippen molar-refractivity contribution in [3.63, 3.8) is 0 Å². The van der Waals surface area contributed by atoms with E-state index >= 15 is 0 Å². The van der Waals surface area contributed by atoms with Crippen molar-refractivity contribution >= 4 is 10.9 Å². The average molecular weight is 135 g/mol. The summed E-state index contributed by atoms with van der Waals surface area (Å²) in [6, 6.07) is 1.61. The first-order chi connectivity index (χ1) is 4.86. The third kappa shape index (κ3) is 0.621. The van der Waals surface area contributed by atoms with E-state index in [4.69, 9.17) is 9.83 Å². The molecule has 2 aromatic rings. The van der Waals surface area contributed by atoms with Crippen LogP contribution in [0.5, 0.6) is 0 Å². The Bertz CT molecular complexity index is 400. The maximum Gasteiger partial charge on any atom is 0.211 e. The smallest absolute Gasteiger partial charge is 0.211 e. The van der Waals surface area contributed by atoms with E-state index in [0.717, 1.165) is 10.9 Å². The Morgan fingerprint density at radius 3 is 3.40 bits per heavy atom. The molecular weight excluding hydrogens is 130 g/mol. The van der Waals surface area contributed by atoms with E-state index in [1.165, 1.54) is 6.26 Å². The summed E-state index contributed by atoms with van der Waals surface area (Å²) in [6.45, 7) is 0. The molecule has 4 heteroatoms. The van der Waals surface area contributed by atoms with Crippen molar-refractivity contribution in [1.82, 2.24) is 10.2 Å². The zero-order valence-corrected chi connectivity index (χ0v) is 5.09. The van der Waals surface area contributed by atoms with Crippen molar-refractivity contribution in [2.45, 2.75) is 0 Å². The monoisotopic (exact) mass is 135 g/mol. The van der Waals surface area contributed by atoms with E-state index in [9.17, 15) is 0 Å². The lowest BCUT2D eigenvalue weighted by Gasteiger charge is -1.83. The normalized spacial score (nSPS) is 10.4. The number of aromatic nitrogens is 2. The Labute approximate surface area is 56.0 Å². The summed E-state index contributed by atoms with van der Waals surface area (Å²) in [4.78, 5) is 0. The highest BCUT2D eigenvalue weighted by Gasteiger charge is 1.92. The summed E-state index contributed by atoms with van der Waals surface area (Å²) in [7, 11) is 0. The summed E-state index contributed by atoms with van der Waals surface area (Å²) >= 11 is 0. The molecule has 50 valence electrons. The lowest BCUT2D eigenvalue weighted by atomic mass is 10.3. The van der Waals surface area contributed by atoms with Gasteiger partial charge in [0.15, 0.2) is 0 Å². The summed E-state index contributed by atoms with van der Waals surface area (Å²) in [6.07, 6.45) is 3.13. The number of nitrogens with zero attached hydrogens (tertiary/aromatic N) is 1. The fraction of sp³-hybridized carbons (Fsp3) is 0. The van der Waals surface area contributed by atoms with E-state index in [0.29, 0.717) is 0 Å². The van der Waals surface area contributed by atoms with Crippen LogP contribution in [0.25, 0.3) is 10.9 Å². The highest BCUT2D eigenvalue weighted by molar-refractivity contribution is 5.75. The van der Waals surface area contributed by atoms with Crippen molar-refractivity contribution in [3.05, 3.63) is 24.1 Å². The quantitative estimate of drug-likeness (QED) is 0.556. The molecule has 0 aliphatic heterocycles. The highest BCUT2D eigenvalue weighted by atomic mass is 16.3. The van der Waals surface area contributed by atoms with Gasteiger partial charge in [-0.2, -0.15) is 5.10 Å². The lowest BCUT2D eigenvalue weighted by Crippen LogP contribution is -1.93. The van der Waals surface area contributed by atoms with Gasteiger partial charge >= 0.3 is 0 Å². The fourth-order valence-electron chi connectivity index (χ4n) is 0.813. The van der Waals surface area contributed by atoms with Crippen LogP contribution in [-0.2, 0) is 0 Å². The minimum atomic E-state index is 0.147. The number of hydrogen-bond donors (Lipinski definition) is 2. The molecule has 0 saturated heterocycles. The first-order valence-electron chi connectivity index (χ1n) is 2.83. The molecule has 2 aromatic heterocycles. The molecule has 0 aliphatic rings. The topological polar surface area (TPSA) is 65.7 Å². The van der Waals surface area contributed by atoms with Crippen LogP contribution in [0, 0.1) is 5.41 Å². The second kappa shape index (κ2) is 1.70. The first-order valence-corrected chi connectivity index (χ1v) is 2.83. The van der Waals surface area contributed by atoms with Crippen molar-refractivity contribution < 1.29 is 4.42 Å². The molecule has 2 heterocycles. The van der Waals surface area contributed by atoms with E-state index in [2.05, 4.69) is 10.2 Å². The zero-order valence-electron chi connectivity index (χ0n) is 5.09. The lowest BCUT2D eigenvalue weighted by molar-refractivity contribution is 0.492. The molecule has 0 amide bonds. The van der Waals surface area contributed by atoms with Gasteiger partial charge in [0.05, 0.1) is 6.20 Å². The van der Waals surface area contributed by atoms with E-state index in [1.54, 1.807) is 12.3 Å². The van der Waals surface area contributed by atoms with Crippen LogP contribution in [0.2, 0.25) is 0 Å². The SMILES string of the molecule is N=c1cc2cn[nH]c2co1. The van der Waals surface area contributed by atoms with Gasteiger partial charge in [-0.3, -0.25) is 10.5 Å². The van der Waals surface area contributed by atoms with Gasteiger partial charge in [0.25, 0.3) is 0 Å². The maximum absolute atomic E-state index is 7.11. The molecule has 0 fully saturated rings. The fourth-order valence-corrected chi connectivity index (χ4v) is 0.813. The third-order valence-electron chi connectivity index (χ3n) is 1.29. The van der Waals surface area contributed by atoms with Crippen molar-refractivity contribution in [1.29, 1.82) is 5.41 Å². The van der Waals surface area contributed by atoms with Crippen molar-refractivity contribution in [2.24, 2.45) is 0 Å². The number of fused-ring (bicyclic) bond motifs is 1. The number of aromatic amines is 1. The maximum atomic E-state index is 7.11.